The standard InChI is InChI=1S/C18H38O2Si/c1-3-4-5-6-7-8-9-10-11-12-13-14-15-16-17-19-18(2)20-21/h3,18H,1,4-17H2,2,21H3. The zero-order valence-electron chi connectivity index (χ0n) is 14.6. The summed E-state index contributed by atoms with van der Waals surface area (Å²) in [5.41, 5.74) is 0. The number of hydrogen-bond acceptors (Lipinski definition) is 2. The van der Waals surface area contributed by atoms with E-state index < -0.39 is 0 Å². The van der Waals surface area contributed by atoms with Crippen LogP contribution in [0.25, 0.3) is 0 Å². The minimum absolute atomic E-state index is 0.00781. The zero-order chi connectivity index (χ0) is 15.6. The quantitative estimate of drug-likeness (QED) is 0.164. The van der Waals surface area contributed by atoms with Crippen molar-refractivity contribution >= 4 is 10.5 Å². The summed E-state index contributed by atoms with van der Waals surface area (Å²) in [5.74, 6) is 0. The summed E-state index contributed by atoms with van der Waals surface area (Å²) < 4.78 is 10.7. The van der Waals surface area contributed by atoms with E-state index in [4.69, 9.17) is 9.16 Å². The van der Waals surface area contributed by atoms with Gasteiger partial charge in [0.05, 0.1) is 0 Å². The predicted molar refractivity (Wildman–Crippen MR) is 96.7 cm³/mol. The number of allylic oxidation sites excluding steroid dienone is 1. The second-order valence-electron chi connectivity index (χ2n) is 5.99. The molecule has 0 aromatic carbocycles. The molecule has 0 radical (unpaired) electrons. The summed E-state index contributed by atoms with van der Waals surface area (Å²) in [7, 11) is 0.765. The van der Waals surface area contributed by atoms with E-state index in [2.05, 4.69) is 6.58 Å². The fourth-order valence-corrected chi connectivity index (χ4v) is 2.61. The molecule has 0 bridgehead atoms. The summed E-state index contributed by atoms with van der Waals surface area (Å²) in [5, 5.41) is 0. The van der Waals surface area contributed by atoms with Gasteiger partial charge in [-0.05, 0) is 26.2 Å². The van der Waals surface area contributed by atoms with Gasteiger partial charge in [0, 0.05) is 6.61 Å². The first kappa shape index (κ1) is 20.9. The number of rotatable bonds is 17. The van der Waals surface area contributed by atoms with Crippen LogP contribution in [0.1, 0.15) is 90.4 Å². The van der Waals surface area contributed by atoms with E-state index in [1.807, 2.05) is 13.0 Å². The average Bonchev–Trinajstić information content (AvgIpc) is 2.50. The van der Waals surface area contributed by atoms with Crippen molar-refractivity contribution in [1.29, 1.82) is 0 Å². The van der Waals surface area contributed by atoms with Gasteiger partial charge in [-0.15, -0.1) is 6.58 Å². The first-order valence-corrected chi connectivity index (χ1v) is 9.88. The van der Waals surface area contributed by atoms with Gasteiger partial charge in [-0.2, -0.15) is 0 Å². The third-order valence-electron chi connectivity index (χ3n) is 3.99. The third kappa shape index (κ3) is 17.8. The van der Waals surface area contributed by atoms with E-state index in [9.17, 15) is 0 Å². The van der Waals surface area contributed by atoms with Crippen LogP contribution in [0, 0.1) is 0 Å². The highest BCUT2D eigenvalue weighted by molar-refractivity contribution is 5.98. The monoisotopic (exact) mass is 314 g/mol. The van der Waals surface area contributed by atoms with Crippen LogP contribution in [0.2, 0.25) is 0 Å². The maximum atomic E-state index is 5.51. The van der Waals surface area contributed by atoms with Crippen LogP contribution >= 0.6 is 0 Å². The summed E-state index contributed by atoms with van der Waals surface area (Å²) in [6.45, 7) is 6.60. The summed E-state index contributed by atoms with van der Waals surface area (Å²) >= 11 is 0. The second kappa shape index (κ2) is 17.9. The molecule has 21 heavy (non-hydrogen) atoms. The highest BCUT2D eigenvalue weighted by atomic mass is 28.2. The molecule has 0 fully saturated rings. The molecule has 0 rings (SSSR count). The molecule has 0 saturated heterocycles. The molecular weight excluding hydrogens is 276 g/mol. The van der Waals surface area contributed by atoms with Crippen LogP contribution in [-0.4, -0.2) is 23.4 Å². The maximum absolute atomic E-state index is 5.51. The van der Waals surface area contributed by atoms with Gasteiger partial charge in [-0.1, -0.05) is 70.3 Å². The fourth-order valence-electron chi connectivity index (χ4n) is 2.48. The van der Waals surface area contributed by atoms with E-state index >= 15 is 0 Å². The molecule has 1 unspecified atom stereocenters. The van der Waals surface area contributed by atoms with Crippen molar-refractivity contribution in [3.8, 4) is 0 Å². The van der Waals surface area contributed by atoms with Crippen LogP contribution in [0.4, 0.5) is 0 Å². The largest absolute Gasteiger partial charge is 0.404 e. The lowest BCUT2D eigenvalue weighted by Crippen LogP contribution is -2.11. The Labute approximate surface area is 136 Å². The minimum Gasteiger partial charge on any atom is -0.404 e. The Morgan fingerprint density at radius 3 is 1.67 bits per heavy atom. The van der Waals surface area contributed by atoms with Crippen molar-refractivity contribution in [3.63, 3.8) is 0 Å². The number of hydrogen-bond donors (Lipinski definition) is 0. The van der Waals surface area contributed by atoms with Gasteiger partial charge in [-0.3, -0.25) is 0 Å². The Hall–Kier alpha value is -0.123. The first-order valence-electron chi connectivity index (χ1n) is 9.06. The lowest BCUT2D eigenvalue weighted by Gasteiger charge is -2.10. The topological polar surface area (TPSA) is 18.5 Å². The van der Waals surface area contributed by atoms with E-state index in [0.717, 1.165) is 17.1 Å². The molecule has 0 heterocycles. The molecule has 0 saturated carbocycles. The average molecular weight is 315 g/mol. The van der Waals surface area contributed by atoms with Gasteiger partial charge in [0.25, 0.3) is 0 Å². The molecule has 0 spiro atoms. The van der Waals surface area contributed by atoms with Crippen LogP contribution in [0.3, 0.4) is 0 Å². The van der Waals surface area contributed by atoms with Gasteiger partial charge in [0.1, 0.15) is 16.8 Å². The Morgan fingerprint density at radius 1 is 0.810 bits per heavy atom. The van der Waals surface area contributed by atoms with Crippen molar-refractivity contribution < 1.29 is 9.16 Å². The molecule has 126 valence electrons. The van der Waals surface area contributed by atoms with E-state index in [1.54, 1.807) is 0 Å². The summed E-state index contributed by atoms with van der Waals surface area (Å²) in [6.07, 6.45) is 19.7. The Bertz CT molecular complexity index is 209. The minimum atomic E-state index is 0.00781. The van der Waals surface area contributed by atoms with E-state index in [1.165, 1.54) is 83.5 Å². The zero-order valence-corrected chi connectivity index (χ0v) is 16.6. The number of unbranched alkanes of at least 4 members (excludes halogenated alkanes) is 12. The van der Waals surface area contributed by atoms with Crippen molar-refractivity contribution in [2.45, 2.75) is 96.7 Å². The van der Waals surface area contributed by atoms with E-state index in [-0.39, 0.29) is 6.29 Å². The molecule has 0 aromatic heterocycles. The maximum Gasteiger partial charge on any atom is 0.149 e. The van der Waals surface area contributed by atoms with Crippen molar-refractivity contribution in [2.24, 2.45) is 0 Å². The molecule has 0 aliphatic heterocycles. The van der Waals surface area contributed by atoms with E-state index in [0.29, 0.717) is 0 Å². The fraction of sp³-hybridized carbons (Fsp3) is 0.889. The SMILES string of the molecule is C=CCCCCCCCCCCCCCCOC(C)O[SiH3]. The smallest absolute Gasteiger partial charge is 0.149 e. The van der Waals surface area contributed by atoms with Gasteiger partial charge >= 0.3 is 0 Å². The van der Waals surface area contributed by atoms with Crippen LogP contribution in [0.5, 0.6) is 0 Å². The van der Waals surface area contributed by atoms with Crippen LogP contribution < -0.4 is 0 Å². The Kier molecular flexibility index (Phi) is 17.8. The molecule has 0 aliphatic rings. The predicted octanol–water partition coefficient (Wildman–Crippen LogP) is 4.90. The molecule has 1 atom stereocenters. The van der Waals surface area contributed by atoms with Crippen molar-refractivity contribution in [3.05, 3.63) is 12.7 Å². The van der Waals surface area contributed by atoms with Gasteiger partial charge in [-0.25, -0.2) is 0 Å². The normalized spacial score (nSPS) is 12.6. The lowest BCUT2D eigenvalue weighted by atomic mass is 10.0. The molecule has 3 heteroatoms. The van der Waals surface area contributed by atoms with Gasteiger partial charge in [0.2, 0.25) is 0 Å². The Morgan fingerprint density at radius 2 is 1.24 bits per heavy atom. The highest BCUT2D eigenvalue weighted by Crippen LogP contribution is 2.12. The summed E-state index contributed by atoms with van der Waals surface area (Å²) in [6, 6.07) is 0. The number of ether oxygens (including phenoxy) is 1. The molecule has 0 amide bonds. The third-order valence-corrected chi connectivity index (χ3v) is 4.65. The molecule has 2 nitrogen and oxygen atoms in total. The first-order chi connectivity index (χ1) is 10.3. The second-order valence-corrected chi connectivity index (χ2v) is 6.47. The summed E-state index contributed by atoms with van der Waals surface area (Å²) in [4.78, 5) is 0. The highest BCUT2D eigenvalue weighted by Gasteiger charge is 1.97. The molecular formula is C18H38O2Si. The van der Waals surface area contributed by atoms with Gasteiger partial charge < -0.3 is 9.16 Å². The molecule has 0 aromatic rings. The Balaban J connectivity index is 2.98. The lowest BCUT2D eigenvalue weighted by molar-refractivity contribution is -0.0639. The van der Waals surface area contributed by atoms with Crippen molar-refractivity contribution in [2.75, 3.05) is 6.61 Å². The van der Waals surface area contributed by atoms with Crippen molar-refractivity contribution in [1.82, 2.24) is 0 Å². The van der Waals surface area contributed by atoms with Crippen LogP contribution in [-0.2, 0) is 9.16 Å². The molecule has 0 aliphatic carbocycles. The molecule has 0 N–H and O–H groups in total. The van der Waals surface area contributed by atoms with Crippen LogP contribution in [0.15, 0.2) is 12.7 Å². The van der Waals surface area contributed by atoms with Gasteiger partial charge in [0.15, 0.2) is 0 Å².